The normalized spacial score (nSPS) is 12.1. The van der Waals surface area contributed by atoms with Gasteiger partial charge in [-0.15, -0.1) is 0 Å². The number of para-hydroxylation sites is 6. The first-order valence-electron chi connectivity index (χ1n) is 20.0. The Morgan fingerprint density at radius 1 is 0.207 bits per heavy atom. The molecule has 0 spiro atoms. The largest absolute Gasteiger partial charge is 0.309 e. The first kappa shape index (κ1) is 31.4. The fourth-order valence-corrected chi connectivity index (χ4v) is 10.00. The second-order valence-electron chi connectivity index (χ2n) is 15.3. The van der Waals surface area contributed by atoms with E-state index in [0.29, 0.717) is 0 Å². The van der Waals surface area contributed by atoms with Crippen LogP contribution in [-0.4, -0.2) is 18.3 Å². The number of fused-ring (bicyclic) bond motifs is 12. The lowest BCUT2D eigenvalue weighted by molar-refractivity contribution is 1.13. The van der Waals surface area contributed by atoms with E-state index in [1.807, 2.05) is 0 Å². The van der Waals surface area contributed by atoms with Gasteiger partial charge in [-0.05, 0) is 84.9 Å². The Balaban J connectivity index is 1.03. The fraction of sp³-hybridized carbons (Fsp3) is 0. The maximum absolute atomic E-state index is 2.45. The van der Waals surface area contributed by atoms with Crippen LogP contribution in [-0.2, 0) is 0 Å². The summed E-state index contributed by atoms with van der Waals surface area (Å²) in [4.78, 5) is 0. The number of hydrogen-bond acceptors (Lipinski definition) is 0. The summed E-state index contributed by atoms with van der Waals surface area (Å²) < 4.78 is 9.74. The molecule has 0 N–H and O–H groups in total. The molecule has 0 amide bonds. The lowest BCUT2D eigenvalue weighted by Gasteiger charge is -2.14. The van der Waals surface area contributed by atoms with Gasteiger partial charge >= 0.3 is 0 Å². The van der Waals surface area contributed by atoms with E-state index in [1.165, 1.54) is 92.9 Å². The van der Waals surface area contributed by atoms with Crippen molar-refractivity contribution in [2.45, 2.75) is 0 Å². The summed E-state index contributed by atoms with van der Waals surface area (Å²) in [5.74, 6) is 0. The highest BCUT2D eigenvalue weighted by atomic mass is 15.0. The molecular formula is C54H34N4. The molecule has 0 unspecified atom stereocenters. The highest BCUT2D eigenvalue weighted by molar-refractivity contribution is 6.17. The van der Waals surface area contributed by atoms with Gasteiger partial charge in [0.05, 0.1) is 49.8 Å². The van der Waals surface area contributed by atoms with Crippen molar-refractivity contribution in [3.05, 3.63) is 206 Å². The summed E-state index contributed by atoms with van der Waals surface area (Å²) in [6.45, 7) is 0. The molecule has 0 atom stereocenters. The van der Waals surface area contributed by atoms with Gasteiger partial charge in [-0.3, -0.25) is 0 Å². The molecular weight excluding hydrogens is 705 g/mol. The van der Waals surface area contributed by atoms with Crippen LogP contribution < -0.4 is 0 Å². The third-order valence-electron chi connectivity index (χ3n) is 12.3. The lowest BCUT2D eigenvalue weighted by atomic mass is 10.1. The Labute approximate surface area is 333 Å². The fourth-order valence-electron chi connectivity index (χ4n) is 10.00. The van der Waals surface area contributed by atoms with Crippen molar-refractivity contribution in [3.8, 4) is 22.7 Å². The Hall–Kier alpha value is -7.82. The van der Waals surface area contributed by atoms with E-state index in [9.17, 15) is 0 Å². The first-order chi connectivity index (χ1) is 28.8. The quantitative estimate of drug-likeness (QED) is 0.171. The smallest absolute Gasteiger partial charge is 0.0562 e. The van der Waals surface area contributed by atoms with Gasteiger partial charge in [0.2, 0.25) is 0 Å². The van der Waals surface area contributed by atoms with Gasteiger partial charge in [0.25, 0.3) is 0 Å². The van der Waals surface area contributed by atoms with Gasteiger partial charge in [-0.1, -0.05) is 121 Å². The molecule has 4 aromatic heterocycles. The maximum Gasteiger partial charge on any atom is 0.0562 e. The molecule has 0 aliphatic carbocycles. The van der Waals surface area contributed by atoms with Crippen LogP contribution in [0.15, 0.2) is 206 Å². The van der Waals surface area contributed by atoms with Crippen LogP contribution in [0.25, 0.3) is 110 Å². The third kappa shape index (κ3) is 4.23. The van der Waals surface area contributed by atoms with Gasteiger partial charge in [0.15, 0.2) is 0 Å². The minimum atomic E-state index is 1.12. The van der Waals surface area contributed by atoms with Crippen LogP contribution in [0.4, 0.5) is 0 Å². The third-order valence-corrected chi connectivity index (χ3v) is 12.3. The summed E-state index contributed by atoms with van der Waals surface area (Å²) in [5.41, 5.74) is 14.2. The van der Waals surface area contributed by atoms with Crippen LogP contribution in [0, 0.1) is 0 Å². The first-order valence-corrected chi connectivity index (χ1v) is 20.0. The Kier molecular flexibility index (Phi) is 6.41. The molecule has 13 rings (SSSR count). The van der Waals surface area contributed by atoms with Crippen molar-refractivity contribution in [2.24, 2.45) is 0 Å². The highest BCUT2D eigenvalue weighted by Crippen LogP contribution is 2.41. The molecule has 270 valence electrons. The molecule has 9 aromatic carbocycles. The maximum atomic E-state index is 2.45. The molecule has 0 bridgehead atoms. The Bertz CT molecular complexity index is 3700. The monoisotopic (exact) mass is 738 g/mol. The highest BCUT2D eigenvalue weighted by Gasteiger charge is 2.21. The summed E-state index contributed by atoms with van der Waals surface area (Å²) in [5, 5.41) is 10.00. The van der Waals surface area contributed by atoms with Crippen molar-refractivity contribution < 1.29 is 0 Å². The predicted octanol–water partition coefficient (Wildman–Crippen LogP) is 14.1. The topological polar surface area (TPSA) is 19.7 Å². The average molecular weight is 739 g/mol. The number of hydrogen-bond donors (Lipinski definition) is 0. The Morgan fingerprint density at radius 3 is 1.07 bits per heavy atom. The van der Waals surface area contributed by atoms with Crippen molar-refractivity contribution in [3.63, 3.8) is 0 Å². The molecule has 13 aromatic rings. The summed E-state index contributed by atoms with van der Waals surface area (Å²) >= 11 is 0. The van der Waals surface area contributed by atoms with Gasteiger partial charge < -0.3 is 18.3 Å². The van der Waals surface area contributed by atoms with Crippen LogP contribution >= 0.6 is 0 Å². The molecule has 0 saturated heterocycles. The molecule has 4 heterocycles. The summed E-state index contributed by atoms with van der Waals surface area (Å²) in [6.07, 6.45) is 0. The molecule has 0 radical (unpaired) electrons. The molecule has 4 heteroatoms. The van der Waals surface area contributed by atoms with Gasteiger partial charge in [0, 0.05) is 60.2 Å². The van der Waals surface area contributed by atoms with E-state index < -0.39 is 0 Å². The van der Waals surface area contributed by atoms with Crippen molar-refractivity contribution >= 4 is 87.2 Å². The van der Waals surface area contributed by atoms with Crippen LogP contribution in [0.5, 0.6) is 0 Å². The summed E-state index contributed by atoms with van der Waals surface area (Å²) in [6, 6.07) is 75.4. The predicted molar refractivity (Wildman–Crippen MR) is 244 cm³/mol. The molecule has 0 aliphatic heterocycles. The zero-order chi connectivity index (χ0) is 37.9. The lowest BCUT2D eigenvalue weighted by Crippen LogP contribution is -1.99. The molecule has 4 nitrogen and oxygen atoms in total. The van der Waals surface area contributed by atoms with E-state index >= 15 is 0 Å². The minimum Gasteiger partial charge on any atom is -0.309 e. The molecule has 0 saturated carbocycles. The van der Waals surface area contributed by atoms with Gasteiger partial charge in [0.1, 0.15) is 0 Å². The summed E-state index contributed by atoms with van der Waals surface area (Å²) in [7, 11) is 0. The number of aromatic nitrogens is 4. The van der Waals surface area contributed by atoms with Crippen LogP contribution in [0.1, 0.15) is 0 Å². The van der Waals surface area contributed by atoms with Crippen molar-refractivity contribution in [2.75, 3.05) is 0 Å². The zero-order valence-electron chi connectivity index (χ0n) is 31.4. The second-order valence-corrected chi connectivity index (χ2v) is 15.3. The van der Waals surface area contributed by atoms with Gasteiger partial charge in [-0.25, -0.2) is 0 Å². The number of benzene rings is 9. The number of rotatable bonds is 4. The number of nitrogens with zero attached hydrogens (tertiary/aromatic N) is 4. The second kappa shape index (κ2) is 11.8. The van der Waals surface area contributed by atoms with Crippen LogP contribution in [0.2, 0.25) is 0 Å². The van der Waals surface area contributed by atoms with E-state index in [0.717, 1.165) is 17.1 Å². The average Bonchev–Trinajstić information content (AvgIpc) is 4.01. The molecule has 0 aliphatic rings. The van der Waals surface area contributed by atoms with E-state index in [4.69, 9.17) is 0 Å². The van der Waals surface area contributed by atoms with Crippen molar-refractivity contribution in [1.82, 2.24) is 18.3 Å². The molecule has 58 heavy (non-hydrogen) atoms. The zero-order valence-corrected chi connectivity index (χ0v) is 31.4. The van der Waals surface area contributed by atoms with E-state index in [-0.39, 0.29) is 0 Å². The Morgan fingerprint density at radius 2 is 0.552 bits per heavy atom. The minimum absolute atomic E-state index is 1.12. The molecule has 0 fully saturated rings. The van der Waals surface area contributed by atoms with Crippen LogP contribution in [0.3, 0.4) is 0 Å². The SMILES string of the molecule is c1cc(-n2c3ccccc3c3cc(-n4c5ccccc5c5ccccc54)ccc32)cc(-n2c3ccccc3c3c(-n4c5ccccc5c5ccccc54)cccc32)c1. The van der Waals surface area contributed by atoms with E-state index in [1.54, 1.807) is 0 Å². The standard InChI is InChI=1S/C54H34N4/c1-7-23-45-38(17-1)39-18-2-8-24-46(39)56(45)37-31-32-51-44(34-37)42-21-5-9-25-47(42)55(51)35-15-13-16-36(33-35)57-50-28-12-6-22-43(50)54-52(57)29-14-30-53(54)58-48-26-10-3-19-40(48)41-20-4-11-27-49(41)58/h1-34H. The van der Waals surface area contributed by atoms with Crippen molar-refractivity contribution in [1.29, 1.82) is 0 Å². The van der Waals surface area contributed by atoms with E-state index in [2.05, 4.69) is 225 Å². The van der Waals surface area contributed by atoms with Gasteiger partial charge in [-0.2, -0.15) is 0 Å².